The summed E-state index contributed by atoms with van der Waals surface area (Å²) in [5.74, 6) is 2.12. The third kappa shape index (κ3) is 5.95. The summed E-state index contributed by atoms with van der Waals surface area (Å²) in [7, 11) is 0. The van der Waals surface area contributed by atoms with Crippen LogP contribution in [0.1, 0.15) is 41.9 Å². The molecule has 7 heteroatoms. The molecule has 1 unspecified atom stereocenters. The molecule has 38 heavy (non-hydrogen) atoms. The number of hydrogen-bond donors (Lipinski definition) is 0. The Labute approximate surface area is 226 Å². The highest BCUT2D eigenvalue weighted by Gasteiger charge is 2.35. The van der Waals surface area contributed by atoms with Gasteiger partial charge in [0.15, 0.2) is 5.82 Å². The molecule has 198 valence electrons. The Morgan fingerprint density at radius 3 is 2.45 bits per heavy atom. The van der Waals surface area contributed by atoms with Crippen LogP contribution in [-0.4, -0.2) is 69.3 Å². The maximum Gasteiger partial charge on any atom is 0.174 e. The van der Waals surface area contributed by atoms with Gasteiger partial charge in [0.2, 0.25) is 0 Å². The molecule has 0 amide bonds. The Balaban J connectivity index is 1.36. The minimum absolute atomic E-state index is 0.0710. The second-order valence-corrected chi connectivity index (χ2v) is 10.1. The van der Waals surface area contributed by atoms with E-state index in [1.165, 1.54) is 16.7 Å². The monoisotopic (exact) mass is 510 g/mol. The second kappa shape index (κ2) is 12.3. The summed E-state index contributed by atoms with van der Waals surface area (Å²) in [4.78, 5) is 5.09. The summed E-state index contributed by atoms with van der Waals surface area (Å²) in [6.07, 6.45) is 12.0. The minimum atomic E-state index is 0.0710. The Kier molecular flexibility index (Phi) is 8.46. The van der Waals surface area contributed by atoms with Crippen molar-refractivity contribution in [3.8, 4) is 5.69 Å². The van der Waals surface area contributed by atoms with Crippen molar-refractivity contribution < 1.29 is 4.74 Å². The summed E-state index contributed by atoms with van der Waals surface area (Å²) >= 11 is 0. The van der Waals surface area contributed by atoms with Crippen LogP contribution >= 0.6 is 0 Å². The summed E-state index contributed by atoms with van der Waals surface area (Å²) in [6.45, 7) is 11.9. The summed E-state index contributed by atoms with van der Waals surface area (Å²) in [5.41, 5.74) is 4.66. The topological polar surface area (TPSA) is 59.3 Å². The lowest BCUT2D eigenvalue weighted by Crippen LogP contribution is -2.49. The molecular weight excluding hydrogens is 472 g/mol. The molecular formula is C31H38N6O. The van der Waals surface area contributed by atoms with Crippen molar-refractivity contribution >= 4 is 6.08 Å². The SMILES string of the molecule is CCOC1=CCC([C@@H](c2nnnn2-c2c(C)cccc2C)N2CCN(C/C=C/c3ccccc3)CC2)C=C1. The molecule has 2 atom stereocenters. The van der Waals surface area contributed by atoms with Gasteiger partial charge in [-0.2, -0.15) is 4.68 Å². The van der Waals surface area contributed by atoms with Crippen LogP contribution < -0.4 is 0 Å². The van der Waals surface area contributed by atoms with E-state index in [1.807, 2.05) is 11.6 Å². The van der Waals surface area contributed by atoms with Crippen LogP contribution in [0.4, 0.5) is 0 Å². The van der Waals surface area contributed by atoms with Gasteiger partial charge in [-0.15, -0.1) is 5.10 Å². The van der Waals surface area contributed by atoms with Crippen molar-refractivity contribution in [3.63, 3.8) is 0 Å². The first kappa shape index (κ1) is 26.1. The van der Waals surface area contributed by atoms with E-state index in [9.17, 15) is 0 Å². The van der Waals surface area contributed by atoms with Crippen LogP contribution in [0, 0.1) is 19.8 Å². The van der Waals surface area contributed by atoms with E-state index in [2.05, 4.69) is 118 Å². The number of allylic oxidation sites excluding steroid dienone is 2. The number of piperazine rings is 1. The third-order valence-electron chi connectivity index (χ3n) is 7.50. The predicted molar refractivity (Wildman–Crippen MR) is 152 cm³/mol. The van der Waals surface area contributed by atoms with E-state index in [0.717, 1.165) is 56.4 Å². The zero-order chi connectivity index (χ0) is 26.3. The molecule has 1 fully saturated rings. The molecule has 1 aliphatic carbocycles. The predicted octanol–water partition coefficient (Wildman–Crippen LogP) is 5.15. The van der Waals surface area contributed by atoms with E-state index in [4.69, 9.17) is 4.74 Å². The van der Waals surface area contributed by atoms with Crippen LogP contribution in [0.5, 0.6) is 0 Å². The van der Waals surface area contributed by atoms with Gasteiger partial charge in [0.25, 0.3) is 0 Å². The summed E-state index contributed by atoms with van der Waals surface area (Å²) < 4.78 is 7.73. The first-order chi connectivity index (χ1) is 18.6. The van der Waals surface area contributed by atoms with Crippen molar-refractivity contribution in [2.24, 2.45) is 5.92 Å². The van der Waals surface area contributed by atoms with E-state index in [1.54, 1.807) is 0 Å². The maximum atomic E-state index is 5.76. The molecule has 0 radical (unpaired) electrons. The standard InChI is InChI=1S/C31H38N6O/c1-4-38-28-17-15-27(16-18-28)30(31-32-33-34-37(31)29-24(2)10-8-11-25(29)3)36-22-20-35(21-23-36)19-9-14-26-12-6-5-7-13-26/h5-15,17-18,27,30H,4,16,19-23H2,1-3H3/b14-9+/t27?,30-/m0/s1. The highest BCUT2D eigenvalue weighted by atomic mass is 16.5. The van der Waals surface area contributed by atoms with Gasteiger partial charge in [0.1, 0.15) is 5.76 Å². The summed E-state index contributed by atoms with van der Waals surface area (Å²) in [6, 6.07) is 16.9. The van der Waals surface area contributed by atoms with Gasteiger partial charge in [0.05, 0.1) is 18.3 Å². The van der Waals surface area contributed by atoms with E-state index < -0.39 is 0 Å². The van der Waals surface area contributed by atoms with Crippen molar-refractivity contribution in [1.82, 2.24) is 30.0 Å². The Morgan fingerprint density at radius 1 is 1.00 bits per heavy atom. The number of aryl methyl sites for hydroxylation is 2. The van der Waals surface area contributed by atoms with Crippen LogP contribution in [0.2, 0.25) is 0 Å². The molecule has 3 aromatic rings. The smallest absolute Gasteiger partial charge is 0.174 e. The molecule has 1 aromatic heterocycles. The fourth-order valence-corrected chi connectivity index (χ4v) is 5.55. The normalized spacial score (nSPS) is 19.6. The van der Waals surface area contributed by atoms with Crippen molar-refractivity contribution in [2.45, 2.75) is 33.2 Å². The molecule has 2 heterocycles. The van der Waals surface area contributed by atoms with Gasteiger partial charge in [-0.05, 0) is 66.5 Å². The van der Waals surface area contributed by atoms with Gasteiger partial charge in [-0.25, -0.2) is 0 Å². The fourth-order valence-electron chi connectivity index (χ4n) is 5.55. The molecule has 0 saturated carbocycles. The van der Waals surface area contributed by atoms with Gasteiger partial charge in [-0.1, -0.05) is 66.8 Å². The van der Waals surface area contributed by atoms with E-state index in [0.29, 0.717) is 6.61 Å². The minimum Gasteiger partial charge on any atom is -0.494 e. The highest BCUT2D eigenvalue weighted by molar-refractivity contribution is 5.49. The maximum absolute atomic E-state index is 5.76. The summed E-state index contributed by atoms with van der Waals surface area (Å²) in [5, 5.41) is 13.3. The molecule has 0 N–H and O–H groups in total. The number of hydrogen-bond acceptors (Lipinski definition) is 6. The van der Waals surface area contributed by atoms with Gasteiger partial charge < -0.3 is 4.74 Å². The van der Waals surface area contributed by atoms with Crippen molar-refractivity contribution in [2.75, 3.05) is 39.3 Å². The fraction of sp³-hybridized carbons (Fsp3) is 0.387. The lowest BCUT2D eigenvalue weighted by molar-refractivity contribution is 0.0779. The average Bonchev–Trinajstić information content (AvgIpc) is 3.40. The lowest BCUT2D eigenvalue weighted by Gasteiger charge is -2.41. The molecule has 2 aromatic carbocycles. The number of ether oxygens (including phenoxy) is 1. The molecule has 0 spiro atoms. The molecule has 1 saturated heterocycles. The molecule has 1 aliphatic heterocycles. The average molecular weight is 511 g/mol. The second-order valence-electron chi connectivity index (χ2n) is 10.1. The van der Waals surface area contributed by atoms with Gasteiger partial charge in [-0.3, -0.25) is 9.80 Å². The highest BCUT2D eigenvalue weighted by Crippen LogP contribution is 2.36. The third-order valence-corrected chi connectivity index (χ3v) is 7.50. The van der Waals surface area contributed by atoms with Crippen LogP contribution in [0.3, 0.4) is 0 Å². The zero-order valence-corrected chi connectivity index (χ0v) is 22.7. The molecule has 7 nitrogen and oxygen atoms in total. The quantitative estimate of drug-likeness (QED) is 0.397. The molecule has 5 rings (SSSR count). The van der Waals surface area contributed by atoms with E-state index in [-0.39, 0.29) is 12.0 Å². The van der Waals surface area contributed by atoms with Crippen LogP contribution in [0.15, 0.2) is 78.6 Å². The molecule has 2 aliphatic rings. The van der Waals surface area contributed by atoms with Crippen molar-refractivity contribution in [3.05, 3.63) is 101 Å². The van der Waals surface area contributed by atoms with Crippen molar-refractivity contribution in [1.29, 1.82) is 0 Å². The Bertz CT molecular complexity index is 1270. The Morgan fingerprint density at radius 2 is 1.76 bits per heavy atom. The van der Waals surface area contributed by atoms with Crippen LogP contribution in [0.25, 0.3) is 11.8 Å². The van der Waals surface area contributed by atoms with Gasteiger partial charge in [0, 0.05) is 38.6 Å². The first-order valence-corrected chi connectivity index (χ1v) is 13.7. The lowest BCUT2D eigenvalue weighted by atomic mass is 9.89. The number of rotatable bonds is 9. The Hall–Kier alpha value is -3.55. The van der Waals surface area contributed by atoms with Crippen LogP contribution in [-0.2, 0) is 4.74 Å². The largest absolute Gasteiger partial charge is 0.494 e. The number of aromatic nitrogens is 4. The number of tetrazole rings is 1. The first-order valence-electron chi connectivity index (χ1n) is 13.7. The van der Waals surface area contributed by atoms with Gasteiger partial charge >= 0.3 is 0 Å². The number of para-hydroxylation sites is 1. The number of benzene rings is 2. The van der Waals surface area contributed by atoms with E-state index >= 15 is 0 Å². The number of nitrogens with zero attached hydrogens (tertiary/aromatic N) is 6. The zero-order valence-electron chi connectivity index (χ0n) is 22.7. The molecule has 0 bridgehead atoms.